The lowest BCUT2D eigenvalue weighted by Gasteiger charge is -2.26. The van der Waals surface area contributed by atoms with Crippen LogP contribution in [0.4, 0.5) is 0 Å². The quantitative estimate of drug-likeness (QED) is 0.819. The van der Waals surface area contributed by atoms with E-state index < -0.39 is 10.0 Å². The standard InChI is InChI=1S/C19H26N2O3S/c1-15(2)16-7-9-17(10-8-16)25(22,23)20-14-18(19-6-5-13-24-19)21-11-3-4-12-21/h5-10,13,15,18,20H,3-4,11-12,14H2,1-2H3. The van der Waals surface area contributed by atoms with Gasteiger partial charge in [-0.3, -0.25) is 4.90 Å². The van der Waals surface area contributed by atoms with E-state index >= 15 is 0 Å². The molecule has 2 aromatic rings. The van der Waals surface area contributed by atoms with E-state index in [0.29, 0.717) is 17.4 Å². The zero-order chi connectivity index (χ0) is 17.9. The summed E-state index contributed by atoms with van der Waals surface area (Å²) in [7, 11) is -3.54. The van der Waals surface area contributed by atoms with Gasteiger partial charge < -0.3 is 4.42 Å². The fourth-order valence-electron chi connectivity index (χ4n) is 3.25. The molecule has 2 heterocycles. The zero-order valence-corrected chi connectivity index (χ0v) is 15.6. The van der Waals surface area contributed by atoms with Gasteiger partial charge in [0.25, 0.3) is 0 Å². The molecule has 3 rings (SSSR count). The van der Waals surface area contributed by atoms with Crippen molar-refractivity contribution in [1.82, 2.24) is 9.62 Å². The molecule has 0 spiro atoms. The third kappa shape index (κ3) is 4.32. The molecule has 1 atom stereocenters. The van der Waals surface area contributed by atoms with Crippen LogP contribution < -0.4 is 4.72 Å². The minimum Gasteiger partial charge on any atom is -0.468 e. The van der Waals surface area contributed by atoms with Gasteiger partial charge in [0.2, 0.25) is 10.0 Å². The van der Waals surface area contributed by atoms with Crippen molar-refractivity contribution in [3.05, 3.63) is 54.0 Å². The molecule has 1 fully saturated rings. The highest BCUT2D eigenvalue weighted by Gasteiger charge is 2.27. The zero-order valence-electron chi connectivity index (χ0n) is 14.8. The van der Waals surface area contributed by atoms with Crippen molar-refractivity contribution in [3.63, 3.8) is 0 Å². The number of benzene rings is 1. The monoisotopic (exact) mass is 362 g/mol. The topological polar surface area (TPSA) is 62.6 Å². The Bertz CT molecular complexity index is 762. The Kier molecular flexibility index (Phi) is 5.61. The third-order valence-electron chi connectivity index (χ3n) is 4.78. The highest BCUT2D eigenvalue weighted by Crippen LogP contribution is 2.25. The molecular formula is C19H26N2O3S. The first-order chi connectivity index (χ1) is 12.0. The van der Waals surface area contributed by atoms with Crippen LogP contribution in [0.5, 0.6) is 0 Å². The lowest BCUT2D eigenvalue weighted by atomic mass is 10.0. The number of likely N-dealkylation sites (tertiary alicyclic amines) is 1. The van der Waals surface area contributed by atoms with Crippen LogP contribution in [0.1, 0.15) is 50.0 Å². The molecule has 1 saturated heterocycles. The van der Waals surface area contributed by atoms with E-state index in [1.807, 2.05) is 24.3 Å². The van der Waals surface area contributed by atoms with Crippen molar-refractivity contribution in [2.24, 2.45) is 0 Å². The smallest absolute Gasteiger partial charge is 0.240 e. The fraction of sp³-hybridized carbons (Fsp3) is 0.474. The van der Waals surface area contributed by atoms with Crippen molar-refractivity contribution in [2.75, 3.05) is 19.6 Å². The molecule has 1 aromatic heterocycles. The molecule has 0 amide bonds. The Morgan fingerprint density at radius 2 is 1.80 bits per heavy atom. The molecular weight excluding hydrogens is 336 g/mol. The van der Waals surface area contributed by atoms with Gasteiger partial charge in [-0.1, -0.05) is 26.0 Å². The van der Waals surface area contributed by atoms with E-state index in [1.54, 1.807) is 18.4 Å². The van der Waals surface area contributed by atoms with Gasteiger partial charge in [0, 0.05) is 6.54 Å². The number of hydrogen-bond acceptors (Lipinski definition) is 4. The summed E-state index contributed by atoms with van der Waals surface area (Å²) in [4.78, 5) is 2.58. The first kappa shape index (κ1) is 18.2. The Balaban J connectivity index is 1.72. The van der Waals surface area contributed by atoms with E-state index in [0.717, 1.165) is 37.3 Å². The molecule has 0 aliphatic carbocycles. The first-order valence-corrected chi connectivity index (χ1v) is 10.3. The number of nitrogens with zero attached hydrogens (tertiary/aromatic N) is 1. The molecule has 1 aliphatic rings. The van der Waals surface area contributed by atoms with Gasteiger partial charge in [-0.15, -0.1) is 0 Å². The molecule has 1 aromatic carbocycles. The summed E-state index contributed by atoms with van der Waals surface area (Å²) in [5, 5.41) is 0. The third-order valence-corrected chi connectivity index (χ3v) is 6.22. The van der Waals surface area contributed by atoms with Gasteiger partial charge in [-0.05, 0) is 61.7 Å². The number of sulfonamides is 1. The van der Waals surface area contributed by atoms with Crippen LogP contribution in [0, 0.1) is 0 Å². The second-order valence-electron chi connectivity index (χ2n) is 6.85. The van der Waals surface area contributed by atoms with Crippen LogP contribution in [-0.4, -0.2) is 33.0 Å². The van der Waals surface area contributed by atoms with Crippen molar-refractivity contribution < 1.29 is 12.8 Å². The average Bonchev–Trinajstić information content (AvgIpc) is 3.29. The molecule has 5 nitrogen and oxygen atoms in total. The Hall–Kier alpha value is -1.63. The van der Waals surface area contributed by atoms with E-state index in [4.69, 9.17) is 4.42 Å². The Morgan fingerprint density at radius 1 is 1.12 bits per heavy atom. The van der Waals surface area contributed by atoms with E-state index in [9.17, 15) is 8.42 Å². The van der Waals surface area contributed by atoms with Crippen LogP contribution in [0.3, 0.4) is 0 Å². The molecule has 0 bridgehead atoms. The Labute approximate surface area is 150 Å². The van der Waals surface area contributed by atoms with Crippen LogP contribution >= 0.6 is 0 Å². The number of nitrogens with one attached hydrogen (secondary N) is 1. The van der Waals surface area contributed by atoms with Gasteiger partial charge in [0.15, 0.2) is 0 Å². The Morgan fingerprint density at radius 3 is 2.36 bits per heavy atom. The van der Waals surface area contributed by atoms with Crippen LogP contribution in [0.2, 0.25) is 0 Å². The normalized spacial score (nSPS) is 17.2. The molecule has 136 valence electrons. The number of hydrogen-bond donors (Lipinski definition) is 1. The molecule has 0 radical (unpaired) electrons. The SMILES string of the molecule is CC(C)c1ccc(S(=O)(=O)NCC(c2ccco2)N2CCCC2)cc1. The summed E-state index contributed by atoms with van der Waals surface area (Å²) in [6, 6.07) is 10.8. The van der Waals surface area contributed by atoms with Crippen molar-refractivity contribution in [2.45, 2.75) is 43.5 Å². The molecule has 0 saturated carbocycles. The maximum absolute atomic E-state index is 12.6. The lowest BCUT2D eigenvalue weighted by molar-refractivity contribution is 0.216. The molecule has 6 heteroatoms. The van der Waals surface area contributed by atoms with Crippen LogP contribution in [0.15, 0.2) is 52.0 Å². The first-order valence-electron chi connectivity index (χ1n) is 8.84. The van der Waals surface area contributed by atoms with Crippen molar-refractivity contribution in [3.8, 4) is 0 Å². The maximum atomic E-state index is 12.6. The van der Waals surface area contributed by atoms with Crippen molar-refractivity contribution >= 4 is 10.0 Å². The highest BCUT2D eigenvalue weighted by molar-refractivity contribution is 7.89. The van der Waals surface area contributed by atoms with E-state index in [1.165, 1.54) is 0 Å². The minimum absolute atomic E-state index is 0.0674. The molecule has 1 unspecified atom stereocenters. The van der Waals surface area contributed by atoms with Gasteiger partial charge in [0.05, 0.1) is 17.2 Å². The fourth-order valence-corrected chi connectivity index (χ4v) is 4.29. The predicted molar refractivity (Wildman–Crippen MR) is 98.0 cm³/mol. The van der Waals surface area contributed by atoms with Crippen LogP contribution in [-0.2, 0) is 10.0 Å². The van der Waals surface area contributed by atoms with Crippen molar-refractivity contribution in [1.29, 1.82) is 0 Å². The largest absolute Gasteiger partial charge is 0.468 e. The summed E-state index contributed by atoms with van der Waals surface area (Å²) in [6.07, 6.45) is 3.92. The highest BCUT2D eigenvalue weighted by atomic mass is 32.2. The van der Waals surface area contributed by atoms with Gasteiger partial charge in [-0.25, -0.2) is 13.1 Å². The lowest BCUT2D eigenvalue weighted by Crippen LogP contribution is -2.36. The second kappa shape index (κ2) is 7.72. The molecule has 1 N–H and O–H groups in total. The second-order valence-corrected chi connectivity index (χ2v) is 8.62. The number of furan rings is 1. The minimum atomic E-state index is -3.54. The van der Waals surface area contributed by atoms with E-state index in [-0.39, 0.29) is 6.04 Å². The van der Waals surface area contributed by atoms with Gasteiger partial charge >= 0.3 is 0 Å². The summed E-state index contributed by atoms with van der Waals surface area (Å²) in [5.74, 6) is 1.18. The maximum Gasteiger partial charge on any atom is 0.240 e. The van der Waals surface area contributed by atoms with Crippen LogP contribution in [0.25, 0.3) is 0 Å². The van der Waals surface area contributed by atoms with E-state index in [2.05, 4.69) is 23.5 Å². The summed E-state index contributed by atoms with van der Waals surface area (Å²) in [5.41, 5.74) is 1.13. The molecule has 25 heavy (non-hydrogen) atoms. The average molecular weight is 362 g/mol. The predicted octanol–water partition coefficient (Wildman–Crippen LogP) is 3.52. The summed E-state index contributed by atoms with van der Waals surface area (Å²) >= 11 is 0. The molecule has 1 aliphatic heterocycles. The van der Waals surface area contributed by atoms with Gasteiger partial charge in [-0.2, -0.15) is 0 Å². The summed E-state index contributed by atoms with van der Waals surface area (Å²) < 4.78 is 33.6. The summed E-state index contributed by atoms with van der Waals surface area (Å²) in [6.45, 7) is 6.42. The number of rotatable bonds is 7. The van der Waals surface area contributed by atoms with Gasteiger partial charge in [0.1, 0.15) is 5.76 Å².